The predicted molar refractivity (Wildman–Crippen MR) is 104 cm³/mol. The first kappa shape index (κ1) is 18.5. The lowest BCUT2D eigenvalue weighted by Gasteiger charge is -2.18. The van der Waals surface area contributed by atoms with E-state index in [1.54, 1.807) is 24.3 Å². The van der Waals surface area contributed by atoms with E-state index in [-0.39, 0.29) is 11.2 Å². The number of rotatable bonds is 5. The molecule has 5 nitrogen and oxygen atoms in total. The Kier molecular flexibility index (Phi) is 5.67. The Bertz CT molecular complexity index is 846. The first-order chi connectivity index (χ1) is 12.5. The highest BCUT2D eigenvalue weighted by atomic mass is 32.2. The molecule has 136 valence electrons. The highest BCUT2D eigenvalue weighted by Crippen LogP contribution is 2.36. The molecule has 2 aromatic rings. The van der Waals surface area contributed by atoms with Gasteiger partial charge in [0.2, 0.25) is 5.91 Å². The Labute approximate surface area is 158 Å². The summed E-state index contributed by atoms with van der Waals surface area (Å²) >= 11 is 1.50. The number of nitriles is 1. The first-order valence-corrected chi connectivity index (χ1v) is 9.90. The van der Waals surface area contributed by atoms with Crippen LogP contribution < -0.4 is 5.32 Å². The molecule has 3 rings (SSSR count). The predicted octanol–water partition coefficient (Wildman–Crippen LogP) is 4.61. The fourth-order valence-corrected chi connectivity index (χ4v) is 4.47. The van der Waals surface area contributed by atoms with Gasteiger partial charge in [0, 0.05) is 17.4 Å². The second kappa shape index (κ2) is 7.96. The summed E-state index contributed by atoms with van der Waals surface area (Å²) in [6.07, 6.45) is 4.89. The van der Waals surface area contributed by atoms with Crippen LogP contribution in [0, 0.1) is 25.2 Å². The van der Waals surface area contributed by atoms with Crippen LogP contribution in [0.1, 0.15) is 55.6 Å². The van der Waals surface area contributed by atoms with Crippen LogP contribution in [0.4, 0.5) is 5.69 Å². The maximum absolute atomic E-state index is 12.6. The number of nitrogens with one attached hydrogen (secondary N) is 1. The zero-order chi connectivity index (χ0) is 18.7. The largest absolute Gasteiger partial charge is 0.325 e. The standard InChI is InChI=1S/C20H24N4OS/c1-13-14(2)24(18-9-4-5-10-18)20(22-13)26-15(3)19(25)23-17-8-6-7-16(11-17)12-21/h6-8,11,15,18H,4-5,9-10H2,1-3H3,(H,23,25)/t15-/m0/s1. The van der Waals surface area contributed by atoms with Gasteiger partial charge in [-0.3, -0.25) is 4.79 Å². The average Bonchev–Trinajstić information content (AvgIpc) is 3.24. The number of imidazole rings is 1. The Morgan fingerprint density at radius 2 is 2.12 bits per heavy atom. The molecule has 0 radical (unpaired) electrons. The molecular formula is C20H24N4OS. The molecule has 1 heterocycles. The molecule has 26 heavy (non-hydrogen) atoms. The number of carbonyl (C=O) groups excluding carboxylic acids is 1. The van der Waals surface area contributed by atoms with E-state index in [1.807, 2.05) is 13.8 Å². The molecule has 0 aliphatic heterocycles. The van der Waals surface area contributed by atoms with Crippen molar-refractivity contribution in [1.82, 2.24) is 9.55 Å². The first-order valence-electron chi connectivity index (χ1n) is 9.02. The van der Waals surface area contributed by atoms with Crippen molar-refractivity contribution in [3.63, 3.8) is 0 Å². The van der Waals surface area contributed by atoms with Crippen molar-refractivity contribution in [3.8, 4) is 6.07 Å². The number of hydrogen-bond acceptors (Lipinski definition) is 4. The van der Waals surface area contributed by atoms with E-state index in [9.17, 15) is 4.79 Å². The Hall–Kier alpha value is -2.26. The fourth-order valence-electron chi connectivity index (χ4n) is 3.39. The zero-order valence-electron chi connectivity index (χ0n) is 15.5. The van der Waals surface area contributed by atoms with Crippen molar-refractivity contribution < 1.29 is 4.79 Å². The maximum Gasteiger partial charge on any atom is 0.237 e. The normalized spacial score (nSPS) is 15.6. The van der Waals surface area contributed by atoms with Crippen LogP contribution in [0.3, 0.4) is 0 Å². The highest BCUT2D eigenvalue weighted by molar-refractivity contribution is 8.00. The molecule has 0 saturated heterocycles. The number of thioether (sulfide) groups is 1. The molecule has 1 atom stereocenters. The molecule has 1 N–H and O–H groups in total. The summed E-state index contributed by atoms with van der Waals surface area (Å²) in [4.78, 5) is 17.3. The summed E-state index contributed by atoms with van der Waals surface area (Å²) in [5, 5.41) is 12.5. The monoisotopic (exact) mass is 368 g/mol. The van der Waals surface area contributed by atoms with Crippen LogP contribution in [0.2, 0.25) is 0 Å². The molecule has 1 aliphatic carbocycles. The summed E-state index contributed by atoms with van der Waals surface area (Å²) in [7, 11) is 0. The maximum atomic E-state index is 12.6. The van der Waals surface area contributed by atoms with Crippen LogP contribution >= 0.6 is 11.8 Å². The van der Waals surface area contributed by atoms with E-state index in [2.05, 4.69) is 22.9 Å². The minimum Gasteiger partial charge on any atom is -0.325 e. The molecule has 0 spiro atoms. The van der Waals surface area contributed by atoms with E-state index in [0.717, 1.165) is 10.9 Å². The van der Waals surface area contributed by atoms with Gasteiger partial charge in [0.25, 0.3) is 0 Å². The fraction of sp³-hybridized carbons (Fsp3) is 0.450. The van der Waals surface area contributed by atoms with Crippen LogP contribution in [0.25, 0.3) is 0 Å². The Morgan fingerprint density at radius 1 is 1.38 bits per heavy atom. The number of aromatic nitrogens is 2. The van der Waals surface area contributed by atoms with E-state index in [1.165, 1.54) is 43.1 Å². The third-order valence-corrected chi connectivity index (χ3v) is 6.02. The van der Waals surface area contributed by atoms with E-state index in [0.29, 0.717) is 17.3 Å². The third-order valence-electron chi connectivity index (χ3n) is 4.95. The summed E-state index contributed by atoms with van der Waals surface area (Å²) in [6, 6.07) is 9.56. The summed E-state index contributed by atoms with van der Waals surface area (Å²) in [5.74, 6) is -0.0821. The minimum absolute atomic E-state index is 0.0821. The quantitative estimate of drug-likeness (QED) is 0.783. The Morgan fingerprint density at radius 3 is 2.81 bits per heavy atom. The van der Waals surface area contributed by atoms with Crippen LogP contribution in [0.15, 0.2) is 29.4 Å². The number of nitrogens with zero attached hydrogens (tertiary/aromatic N) is 3. The molecule has 6 heteroatoms. The zero-order valence-corrected chi connectivity index (χ0v) is 16.3. The van der Waals surface area contributed by atoms with Crippen molar-refractivity contribution in [1.29, 1.82) is 5.26 Å². The highest BCUT2D eigenvalue weighted by Gasteiger charge is 2.25. The molecular weight excluding hydrogens is 344 g/mol. The van der Waals surface area contributed by atoms with Gasteiger partial charge in [-0.25, -0.2) is 4.98 Å². The summed E-state index contributed by atoms with van der Waals surface area (Å²) in [5.41, 5.74) is 3.42. The smallest absolute Gasteiger partial charge is 0.237 e. The SMILES string of the molecule is Cc1nc(S[C@@H](C)C(=O)Nc2cccc(C#N)c2)n(C2CCCC2)c1C. The Balaban J connectivity index is 1.73. The molecule has 1 amide bonds. The number of benzene rings is 1. The van der Waals surface area contributed by atoms with E-state index in [4.69, 9.17) is 10.2 Å². The molecule has 1 aliphatic rings. The van der Waals surface area contributed by atoms with Crippen molar-refractivity contribution in [2.24, 2.45) is 0 Å². The lowest BCUT2D eigenvalue weighted by Crippen LogP contribution is -2.23. The van der Waals surface area contributed by atoms with Crippen LogP contribution in [-0.2, 0) is 4.79 Å². The number of carbonyl (C=O) groups is 1. The topological polar surface area (TPSA) is 70.7 Å². The van der Waals surface area contributed by atoms with Gasteiger partial charge in [-0.2, -0.15) is 5.26 Å². The van der Waals surface area contributed by atoms with Crippen molar-refractivity contribution in [3.05, 3.63) is 41.2 Å². The molecule has 0 unspecified atom stereocenters. The number of anilines is 1. The average molecular weight is 369 g/mol. The number of hydrogen-bond donors (Lipinski definition) is 1. The molecule has 1 aromatic carbocycles. The van der Waals surface area contributed by atoms with Crippen LogP contribution in [0.5, 0.6) is 0 Å². The third kappa shape index (κ3) is 3.94. The van der Waals surface area contributed by atoms with Gasteiger partial charge in [0.1, 0.15) is 0 Å². The summed E-state index contributed by atoms with van der Waals surface area (Å²) < 4.78 is 2.33. The second-order valence-corrected chi connectivity index (χ2v) is 8.12. The number of amides is 1. The van der Waals surface area contributed by atoms with Crippen molar-refractivity contribution in [2.45, 2.75) is 62.9 Å². The van der Waals surface area contributed by atoms with E-state index < -0.39 is 0 Å². The van der Waals surface area contributed by atoms with Crippen LogP contribution in [-0.4, -0.2) is 20.7 Å². The molecule has 1 aromatic heterocycles. The van der Waals surface area contributed by atoms with Crippen molar-refractivity contribution >= 4 is 23.4 Å². The van der Waals surface area contributed by atoms with Gasteiger partial charge >= 0.3 is 0 Å². The molecule has 0 bridgehead atoms. The van der Waals surface area contributed by atoms with Gasteiger partial charge in [-0.1, -0.05) is 30.7 Å². The van der Waals surface area contributed by atoms with Gasteiger partial charge in [-0.15, -0.1) is 0 Å². The lowest BCUT2D eigenvalue weighted by molar-refractivity contribution is -0.115. The van der Waals surface area contributed by atoms with Gasteiger partial charge in [0.05, 0.1) is 22.6 Å². The number of aryl methyl sites for hydroxylation is 1. The molecule has 1 saturated carbocycles. The van der Waals surface area contributed by atoms with E-state index >= 15 is 0 Å². The van der Waals surface area contributed by atoms with Crippen molar-refractivity contribution in [2.75, 3.05) is 5.32 Å². The minimum atomic E-state index is -0.276. The van der Waals surface area contributed by atoms with Gasteiger partial charge in [-0.05, 0) is 51.8 Å². The van der Waals surface area contributed by atoms with Gasteiger partial charge in [0.15, 0.2) is 5.16 Å². The summed E-state index contributed by atoms with van der Waals surface area (Å²) in [6.45, 7) is 6.04. The lowest BCUT2D eigenvalue weighted by atomic mass is 10.2. The second-order valence-electron chi connectivity index (χ2n) is 6.82. The van der Waals surface area contributed by atoms with Gasteiger partial charge < -0.3 is 9.88 Å². The molecule has 1 fully saturated rings.